The number of allylic oxidation sites excluding steroid dienone is 1. The molecule has 0 bridgehead atoms. The zero-order chi connectivity index (χ0) is 14.3. The Kier molecular flexibility index (Phi) is 6.19. The molecule has 0 aliphatic rings. The molecule has 0 radical (unpaired) electrons. The number of benzene rings is 1. The molecule has 1 rings (SSSR count). The maximum Gasteiger partial charge on any atom is 0.135 e. The van der Waals surface area contributed by atoms with E-state index in [1.807, 2.05) is 6.92 Å². The van der Waals surface area contributed by atoms with E-state index in [4.69, 9.17) is 0 Å². The molecular formula is C15H19F2NO. The number of halogens is 2. The van der Waals surface area contributed by atoms with E-state index in [9.17, 15) is 14.0 Å². The molecule has 0 saturated carbocycles. The van der Waals surface area contributed by atoms with Crippen molar-refractivity contribution >= 4 is 5.71 Å². The van der Waals surface area contributed by atoms with Gasteiger partial charge in [-0.2, -0.15) is 0 Å². The lowest BCUT2D eigenvalue weighted by atomic mass is 9.88. The van der Waals surface area contributed by atoms with Crippen LogP contribution in [0.2, 0.25) is 0 Å². The monoisotopic (exact) mass is 267 g/mol. The molecule has 0 spiro atoms. The fourth-order valence-corrected chi connectivity index (χ4v) is 2.14. The summed E-state index contributed by atoms with van der Waals surface area (Å²) in [5.41, 5.74) is 0.438. The van der Waals surface area contributed by atoms with Crippen LogP contribution in [0.4, 0.5) is 8.78 Å². The van der Waals surface area contributed by atoms with E-state index in [0.717, 1.165) is 31.7 Å². The van der Waals surface area contributed by atoms with Crippen LogP contribution in [0.25, 0.3) is 0 Å². The predicted molar refractivity (Wildman–Crippen MR) is 72.5 cm³/mol. The minimum atomic E-state index is -0.701. The van der Waals surface area contributed by atoms with Gasteiger partial charge in [-0.15, -0.1) is 6.58 Å². The zero-order valence-electron chi connectivity index (χ0n) is 11.1. The Hall–Kier alpha value is -1.71. The van der Waals surface area contributed by atoms with Crippen LogP contribution >= 0.6 is 0 Å². The summed E-state index contributed by atoms with van der Waals surface area (Å²) in [6, 6.07) is 3.29. The highest BCUT2D eigenvalue weighted by Gasteiger charge is 2.20. The fourth-order valence-electron chi connectivity index (χ4n) is 2.14. The smallest absolute Gasteiger partial charge is 0.135 e. The molecule has 0 saturated heterocycles. The SMILES string of the molecule is C=CCCC(CCC)C(=NO)c1ccc(F)cc1F. The van der Waals surface area contributed by atoms with E-state index >= 15 is 0 Å². The molecule has 1 aromatic rings. The van der Waals surface area contributed by atoms with Crippen molar-refractivity contribution in [3.63, 3.8) is 0 Å². The molecule has 0 aromatic heterocycles. The van der Waals surface area contributed by atoms with Gasteiger partial charge in [0.2, 0.25) is 0 Å². The summed E-state index contributed by atoms with van der Waals surface area (Å²) in [7, 11) is 0. The molecular weight excluding hydrogens is 248 g/mol. The van der Waals surface area contributed by atoms with Crippen molar-refractivity contribution < 1.29 is 14.0 Å². The maximum absolute atomic E-state index is 13.8. The van der Waals surface area contributed by atoms with Gasteiger partial charge in [-0.3, -0.25) is 0 Å². The number of oxime groups is 1. The summed E-state index contributed by atoms with van der Waals surface area (Å²) in [6.45, 7) is 5.66. The molecule has 0 aliphatic carbocycles. The van der Waals surface area contributed by atoms with Gasteiger partial charge in [0.1, 0.15) is 11.6 Å². The first-order valence-corrected chi connectivity index (χ1v) is 6.42. The number of rotatable bonds is 7. The summed E-state index contributed by atoms with van der Waals surface area (Å²) < 4.78 is 26.7. The summed E-state index contributed by atoms with van der Waals surface area (Å²) in [5, 5.41) is 12.4. The zero-order valence-corrected chi connectivity index (χ0v) is 11.1. The van der Waals surface area contributed by atoms with E-state index in [1.165, 1.54) is 12.1 Å². The Bertz CT molecular complexity index is 457. The highest BCUT2D eigenvalue weighted by atomic mass is 19.1. The van der Waals surface area contributed by atoms with Gasteiger partial charge in [0.15, 0.2) is 0 Å². The van der Waals surface area contributed by atoms with Gasteiger partial charge in [-0.05, 0) is 31.4 Å². The lowest BCUT2D eigenvalue weighted by molar-refractivity contribution is 0.313. The first-order chi connectivity index (χ1) is 9.13. The Morgan fingerprint density at radius 3 is 2.68 bits per heavy atom. The van der Waals surface area contributed by atoms with E-state index < -0.39 is 11.6 Å². The van der Waals surface area contributed by atoms with Gasteiger partial charge in [-0.1, -0.05) is 24.6 Å². The molecule has 4 heteroatoms. The fraction of sp³-hybridized carbons (Fsp3) is 0.400. The van der Waals surface area contributed by atoms with Crippen molar-refractivity contribution in [2.24, 2.45) is 11.1 Å². The van der Waals surface area contributed by atoms with Gasteiger partial charge in [0.05, 0.1) is 5.71 Å². The standard InChI is InChI=1S/C15H19F2NO/c1-3-5-7-11(6-4-2)15(18-19)13-9-8-12(16)10-14(13)17/h3,8-11,19H,1,4-7H2,2H3. The van der Waals surface area contributed by atoms with Gasteiger partial charge < -0.3 is 5.21 Å². The van der Waals surface area contributed by atoms with E-state index in [-0.39, 0.29) is 17.2 Å². The first kappa shape index (κ1) is 15.3. The third-order valence-corrected chi connectivity index (χ3v) is 3.06. The molecule has 0 fully saturated rings. The average Bonchev–Trinajstić information content (AvgIpc) is 2.39. The van der Waals surface area contributed by atoms with Gasteiger partial charge >= 0.3 is 0 Å². The van der Waals surface area contributed by atoms with Crippen LogP contribution < -0.4 is 0 Å². The van der Waals surface area contributed by atoms with Crippen LogP contribution in [-0.2, 0) is 0 Å². The van der Waals surface area contributed by atoms with Crippen molar-refractivity contribution in [3.8, 4) is 0 Å². The molecule has 19 heavy (non-hydrogen) atoms. The number of nitrogens with zero attached hydrogens (tertiary/aromatic N) is 1. The van der Waals surface area contributed by atoms with Crippen molar-refractivity contribution in [2.45, 2.75) is 32.6 Å². The molecule has 0 amide bonds. The van der Waals surface area contributed by atoms with Crippen LogP contribution in [0.3, 0.4) is 0 Å². The highest BCUT2D eigenvalue weighted by molar-refractivity contribution is 6.02. The Morgan fingerprint density at radius 2 is 2.16 bits per heavy atom. The van der Waals surface area contributed by atoms with Crippen LogP contribution in [0.15, 0.2) is 36.0 Å². The Balaban J connectivity index is 3.05. The summed E-state index contributed by atoms with van der Waals surface area (Å²) in [6.07, 6.45) is 4.94. The Labute approximate surface area is 112 Å². The maximum atomic E-state index is 13.8. The number of hydrogen-bond acceptors (Lipinski definition) is 2. The van der Waals surface area contributed by atoms with Crippen molar-refractivity contribution in [1.82, 2.24) is 0 Å². The quantitative estimate of drug-likeness (QED) is 0.335. The van der Waals surface area contributed by atoms with Crippen molar-refractivity contribution in [2.75, 3.05) is 0 Å². The second-order valence-electron chi connectivity index (χ2n) is 4.46. The second-order valence-corrected chi connectivity index (χ2v) is 4.46. The molecule has 0 aliphatic heterocycles. The minimum Gasteiger partial charge on any atom is -0.411 e. The molecule has 1 atom stereocenters. The molecule has 1 aromatic carbocycles. The predicted octanol–water partition coefficient (Wildman–Crippen LogP) is 4.53. The minimum absolute atomic E-state index is 0.0621. The van der Waals surface area contributed by atoms with Crippen LogP contribution in [0, 0.1) is 17.6 Å². The third-order valence-electron chi connectivity index (χ3n) is 3.06. The summed E-state index contributed by atoms with van der Waals surface area (Å²) in [4.78, 5) is 0. The normalized spacial score (nSPS) is 13.3. The van der Waals surface area contributed by atoms with E-state index in [0.29, 0.717) is 0 Å². The van der Waals surface area contributed by atoms with Gasteiger partial charge in [0.25, 0.3) is 0 Å². The Morgan fingerprint density at radius 1 is 1.42 bits per heavy atom. The first-order valence-electron chi connectivity index (χ1n) is 6.42. The average molecular weight is 267 g/mol. The third kappa shape index (κ3) is 4.16. The lowest BCUT2D eigenvalue weighted by Gasteiger charge is -2.17. The summed E-state index contributed by atoms with van der Waals surface area (Å²) in [5.74, 6) is -1.41. The molecule has 104 valence electrons. The van der Waals surface area contributed by atoms with Crippen LogP contribution in [0.5, 0.6) is 0 Å². The van der Waals surface area contributed by atoms with Crippen LogP contribution in [0.1, 0.15) is 38.2 Å². The van der Waals surface area contributed by atoms with E-state index in [2.05, 4.69) is 11.7 Å². The van der Waals surface area contributed by atoms with Crippen LogP contribution in [-0.4, -0.2) is 10.9 Å². The van der Waals surface area contributed by atoms with E-state index in [1.54, 1.807) is 6.08 Å². The summed E-state index contributed by atoms with van der Waals surface area (Å²) >= 11 is 0. The molecule has 1 unspecified atom stereocenters. The van der Waals surface area contributed by atoms with Gasteiger partial charge in [-0.25, -0.2) is 8.78 Å². The number of hydrogen-bond donors (Lipinski definition) is 1. The largest absolute Gasteiger partial charge is 0.411 e. The molecule has 1 N–H and O–H groups in total. The topological polar surface area (TPSA) is 32.6 Å². The van der Waals surface area contributed by atoms with Crippen molar-refractivity contribution in [1.29, 1.82) is 0 Å². The lowest BCUT2D eigenvalue weighted by Crippen LogP contribution is -2.17. The van der Waals surface area contributed by atoms with Crippen molar-refractivity contribution in [3.05, 3.63) is 48.1 Å². The second kappa shape index (κ2) is 7.67. The molecule has 2 nitrogen and oxygen atoms in total. The molecule has 0 heterocycles. The van der Waals surface area contributed by atoms with Gasteiger partial charge in [0, 0.05) is 17.5 Å². The highest BCUT2D eigenvalue weighted by Crippen LogP contribution is 2.23.